The first-order chi connectivity index (χ1) is 15.1. The molecule has 3 rings (SSSR count). The van der Waals surface area contributed by atoms with E-state index in [4.69, 9.17) is 10.5 Å². The van der Waals surface area contributed by atoms with Gasteiger partial charge in [-0.3, -0.25) is 9.59 Å². The molecule has 2 aromatic carbocycles. The summed E-state index contributed by atoms with van der Waals surface area (Å²) in [6.45, 7) is 0.333. The van der Waals surface area contributed by atoms with Gasteiger partial charge in [-0.1, -0.05) is 12.1 Å². The van der Waals surface area contributed by atoms with Crippen LogP contribution in [0.15, 0.2) is 53.4 Å². The van der Waals surface area contributed by atoms with Gasteiger partial charge in [0, 0.05) is 26.1 Å². The second-order valence-electron chi connectivity index (χ2n) is 7.66. The summed E-state index contributed by atoms with van der Waals surface area (Å²) >= 11 is 0. The van der Waals surface area contributed by atoms with E-state index in [1.54, 1.807) is 12.1 Å². The second kappa shape index (κ2) is 9.66. The molecule has 1 fully saturated rings. The molecule has 1 atom stereocenters. The van der Waals surface area contributed by atoms with E-state index in [1.807, 2.05) is 0 Å². The van der Waals surface area contributed by atoms with Crippen LogP contribution in [0.1, 0.15) is 24.4 Å². The maximum absolute atomic E-state index is 13.6. The van der Waals surface area contributed by atoms with E-state index >= 15 is 0 Å². The molecular weight excluding hydrogens is 437 g/mol. The second-order valence-corrected chi connectivity index (χ2v) is 9.60. The zero-order valence-electron chi connectivity index (χ0n) is 17.9. The molecule has 0 spiro atoms. The van der Waals surface area contributed by atoms with Crippen molar-refractivity contribution in [3.05, 3.63) is 59.9 Å². The summed E-state index contributed by atoms with van der Waals surface area (Å²) in [6.07, 6.45) is 0.598. The van der Waals surface area contributed by atoms with Crippen LogP contribution in [0.3, 0.4) is 0 Å². The summed E-state index contributed by atoms with van der Waals surface area (Å²) in [5.41, 5.74) is 5.78. The van der Waals surface area contributed by atoms with Gasteiger partial charge >= 0.3 is 0 Å². The lowest BCUT2D eigenvalue weighted by atomic mass is 9.95. The topological polar surface area (TPSA) is 110 Å². The van der Waals surface area contributed by atoms with E-state index in [0.717, 1.165) is 0 Å². The number of halogens is 1. The van der Waals surface area contributed by atoms with Crippen molar-refractivity contribution in [3.63, 3.8) is 0 Å². The molecule has 0 aromatic heterocycles. The van der Waals surface area contributed by atoms with Gasteiger partial charge in [-0.25, -0.2) is 12.8 Å². The fourth-order valence-electron chi connectivity index (χ4n) is 3.91. The van der Waals surface area contributed by atoms with Gasteiger partial charge in [-0.2, -0.15) is 4.31 Å². The number of primary amides is 1. The molecule has 1 aliphatic heterocycles. The number of nitrogens with two attached hydrogens (primary N) is 1. The van der Waals surface area contributed by atoms with Crippen LogP contribution in [-0.2, 0) is 19.6 Å². The molecule has 1 heterocycles. The fourth-order valence-corrected chi connectivity index (χ4v) is 5.38. The number of rotatable bonds is 7. The van der Waals surface area contributed by atoms with Crippen LogP contribution in [0.5, 0.6) is 5.75 Å². The Morgan fingerprint density at radius 2 is 1.78 bits per heavy atom. The maximum Gasteiger partial charge on any atom is 0.244 e. The Bertz CT molecular complexity index is 1080. The summed E-state index contributed by atoms with van der Waals surface area (Å²) in [5.74, 6) is -1.56. The van der Waals surface area contributed by atoms with Gasteiger partial charge < -0.3 is 15.4 Å². The number of methoxy groups -OCH3 is 1. The Hall–Kier alpha value is -2.98. The molecule has 10 heteroatoms. The van der Waals surface area contributed by atoms with E-state index in [0.29, 0.717) is 18.6 Å². The van der Waals surface area contributed by atoms with Crippen molar-refractivity contribution in [3.8, 4) is 5.75 Å². The zero-order valence-corrected chi connectivity index (χ0v) is 18.7. The molecule has 0 radical (unpaired) electrons. The number of likely N-dealkylation sites (N-methyl/N-ethyl adjacent to an activating group) is 1. The summed E-state index contributed by atoms with van der Waals surface area (Å²) in [5, 5.41) is 0. The van der Waals surface area contributed by atoms with E-state index in [1.165, 1.54) is 59.8 Å². The smallest absolute Gasteiger partial charge is 0.244 e. The summed E-state index contributed by atoms with van der Waals surface area (Å²) in [4.78, 5) is 26.4. The molecule has 0 bridgehead atoms. The molecular formula is C22H26FN3O5S. The van der Waals surface area contributed by atoms with Crippen molar-refractivity contribution in [2.45, 2.75) is 23.8 Å². The highest BCUT2D eigenvalue weighted by molar-refractivity contribution is 7.89. The Balaban J connectivity index is 1.69. The number of carbonyl (C=O) groups is 2. The lowest BCUT2D eigenvalue weighted by Gasteiger charge is -2.34. The average Bonchev–Trinajstić information content (AvgIpc) is 2.78. The lowest BCUT2D eigenvalue weighted by molar-refractivity contribution is -0.142. The Labute approximate surface area is 186 Å². The number of hydrogen-bond donors (Lipinski definition) is 1. The molecule has 0 saturated carbocycles. The molecule has 172 valence electrons. The van der Waals surface area contributed by atoms with E-state index in [2.05, 4.69) is 0 Å². The summed E-state index contributed by atoms with van der Waals surface area (Å²) < 4.78 is 45.8. The third-order valence-electron chi connectivity index (χ3n) is 5.67. The van der Waals surface area contributed by atoms with E-state index in [-0.39, 0.29) is 29.5 Å². The normalized spacial score (nSPS) is 16.3. The molecule has 32 heavy (non-hydrogen) atoms. The van der Waals surface area contributed by atoms with Crippen molar-refractivity contribution in [1.29, 1.82) is 0 Å². The van der Waals surface area contributed by atoms with Gasteiger partial charge in [0.1, 0.15) is 17.6 Å². The summed E-state index contributed by atoms with van der Waals surface area (Å²) in [6, 6.07) is 10.4. The van der Waals surface area contributed by atoms with Crippen molar-refractivity contribution < 1.29 is 27.1 Å². The number of piperidine rings is 1. The molecule has 0 aliphatic carbocycles. The number of carbonyl (C=O) groups excluding carboxylic acids is 2. The Morgan fingerprint density at radius 3 is 2.31 bits per heavy atom. The van der Waals surface area contributed by atoms with Gasteiger partial charge in [-0.15, -0.1) is 0 Å². The first-order valence-electron chi connectivity index (χ1n) is 10.1. The van der Waals surface area contributed by atoms with Crippen molar-refractivity contribution in [2.75, 3.05) is 27.2 Å². The lowest BCUT2D eigenvalue weighted by Crippen LogP contribution is -2.46. The highest BCUT2D eigenvalue weighted by Crippen LogP contribution is 2.28. The SMILES string of the molecule is COc1ccc(S(=O)(=O)N2CCC(C(=O)N(C)C(C(N)=O)c3cccc(F)c3)CC2)cc1. The minimum atomic E-state index is -3.70. The molecule has 8 nitrogen and oxygen atoms in total. The van der Waals surface area contributed by atoms with E-state index in [9.17, 15) is 22.4 Å². The fraction of sp³-hybridized carbons (Fsp3) is 0.364. The molecule has 1 saturated heterocycles. The quantitative estimate of drug-likeness (QED) is 0.675. The number of ether oxygens (including phenoxy) is 1. The van der Waals surface area contributed by atoms with Crippen LogP contribution in [0.4, 0.5) is 4.39 Å². The molecule has 2 amide bonds. The van der Waals surface area contributed by atoms with Crippen LogP contribution < -0.4 is 10.5 Å². The third kappa shape index (κ3) is 4.91. The van der Waals surface area contributed by atoms with Crippen LogP contribution in [0.2, 0.25) is 0 Å². The predicted molar refractivity (Wildman–Crippen MR) is 116 cm³/mol. The summed E-state index contributed by atoms with van der Waals surface area (Å²) in [7, 11) is -0.750. The zero-order chi connectivity index (χ0) is 23.5. The standard InChI is InChI=1S/C22H26FN3O5S/c1-25(20(21(24)27)16-4-3-5-17(23)14-16)22(28)15-10-12-26(13-11-15)32(29,30)19-8-6-18(31-2)7-9-19/h3-9,14-15,20H,10-13H2,1-2H3,(H2,24,27). The average molecular weight is 464 g/mol. The van der Waals surface area contributed by atoms with Crippen molar-refractivity contribution in [1.82, 2.24) is 9.21 Å². The monoisotopic (exact) mass is 463 g/mol. The number of nitrogens with zero attached hydrogens (tertiary/aromatic N) is 2. The first kappa shape index (κ1) is 23.7. The Morgan fingerprint density at radius 1 is 1.16 bits per heavy atom. The highest BCUT2D eigenvalue weighted by Gasteiger charge is 2.36. The van der Waals surface area contributed by atoms with Gasteiger partial charge in [0.25, 0.3) is 0 Å². The number of amides is 2. The molecule has 2 aromatic rings. The minimum absolute atomic E-state index is 0.153. The predicted octanol–water partition coefficient (Wildman–Crippen LogP) is 1.92. The van der Waals surface area contributed by atoms with Crippen LogP contribution in [0.25, 0.3) is 0 Å². The third-order valence-corrected chi connectivity index (χ3v) is 7.58. The van der Waals surface area contributed by atoms with Gasteiger partial charge in [0.2, 0.25) is 21.8 Å². The van der Waals surface area contributed by atoms with Crippen LogP contribution in [0, 0.1) is 11.7 Å². The van der Waals surface area contributed by atoms with Crippen molar-refractivity contribution >= 4 is 21.8 Å². The molecule has 1 aliphatic rings. The Kier molecular flexibility index (Phi) is 7.15. The molecule has 1 unspecified atom stereocenters. The number of sulfonamides is 1. The number of hydrogen-bond acceptors (Lipinski definition) is 5. The van der Waals surface area contributed by atoms with Gasteiger partial charge in [0.05, 0.1) is 12.0 Å². The van der Waals surface area contributed by atoms with Crippen molar-refractivity contribution in [2.24, 2.45) is 11.7 Å². The van der Waals surface area contributed by atoms with Crippen LogP contribution >= 0.6 is 0 Å². The van der Waals surface area contributed by atoms with Crippen LogP contribution in [-0.4, -0.2) is 56.7 Å². The first-order valence-corrected chi connectivity index (χ1v) is 11.5. The number of benzene rings is 2. The largest absolute Gasteiger partial charge is 0.497 e. The minimum Gasteiger partial charge on any atom is -0.497 e. The van der Waals surface area contributed by atoms with Gasteiger partial charge in [0.15, 0.2) is 0 Å². The van der Waals surface area contributed by atoms with E-state index < -0.39 is 33.7 Å². The molecule has 2 N–H and O–H groups in total. The highest BCUT2D eigenvalue weighted by atomic mass is 32.2. The van der Waals surface area contributed by atoms with Gasteiger partial charge in [-0.05, 0) is 54.8 Å². The maximum atomic E-state index is 13.6.